The van der Waals surface area contributed by atoms with Crippen molar-refractivity contribution in [2.45, 2.75) is 15.2 Å². The molecule has 3 aliphatic rings. The molecule has 6 aromatic carbocycles. The van der Waals surface area contributed by atoms with Crippen molar-refractivity contribution in [1.82, 2.24) is 0 Å². The summed E-state index contributed by atoms with van der Waals surface area (Å²) in [5.74, 6) is 1.48. The van der Waals surface area contributed by atoms with Crippen molar-refractivity contribution in [1.29, 1.82) is 5.26 Å². The molecule has 44 heavy (non-hydrogen) atoms. The molecular weight excluding hydrogens is 564 g/mol. The third-order valence-corrected chi connectivity index (χ3v) is 11.0. The maximum Gasteiger partial charge on any atom is 0.207 e. The lowest BCUT2D eigenvalue weighted by atomic mass is 9.61. The van der Waals surface area contributed by atoms with E-state index in [-0.39, 0.29) is 4.90 Å². The minimum atomic E-state index is -3.84. The first-order valence-corrected chi connectivity index (χ1v) is 15.8. The average molecular weight is 587 g/mol. The lowest BCUT2D eigenvalue weighted by Gasteiger charge is -2.50. The largest absolute Gasteiger partial charge is 0.453 e. The molecule has 208 valence electrons. The molecule has 3 aliphatic heterocycles. The van der Waals surface area contributed by atoms with Crippen molar-refractivity contribution in [3.05, 3.63) is 161 Å². The van der Waals surface area contributed by atoms with E-state index in [0.29, 0.717) is 27.3 Å². The molecule has 3 heterocycles. The highest BCUT2D eigenvalue weighted by atomic mass is 32.2. The number of nitrogens with zero attached hydrogens (tertiary/aromatic N) is 2. The minimum absolute atomic E-state index is 0.284. The van der Waals surface area contributed by atoms with E-state index < -0.39 is 15.3 Å². The van der Waals surface area contributed by atoms with Gasteiger partial charge in [-0.25, -0.2) is 8.42 Å². The predicted octanol–water partition coefficient (Wildman–Crippen LogP) is 8.64. The molecule has 0 saturated heterocycles. The van der Waals surface area contributed by atoms with E-state index in [1.54, 1.807) is 30.3 Å². The predicted molar refractivity (Wildman–Crippen MR) is 169 cm³/mol. The van der Waals surface area contributed by atoms with E-state index >= 15 is 0 Å². The summed E-state index contributed by atoms with van der Waals surface area (Å²) in [6.07, 6.45) is 0. The molecule has 0 amide bonds. The molecular formula is C38H22N2O3S. The number of sulfone groups is 1. The Balaban J connectivity index is 1.45. The molecule has 1 spiro atoms. The third kappa shape index (κ3) is 3.04. The summed E-state index contributed by atoms with van der Waals surface area (Å²) in [6.45, 7) is 0. The molecule has 0 fully saturated rings. The Morgan fingerprint density at radius 3 is 2.05 bits per heavy atom. The van der Waals surface area contributed by atoms with Crippen LogP contribution in [0.2, 0.25) is 0 Å². The summed E-state index contributed by atoms with van der Waals surface area (Å²) in [5.41, 5.74) is 7.50. The average Bonchev–Trinajstić information content (AvgIpc) is 3.08. The Labute approximate surface area is 254 Å². The topological polar surface area (TPSA) is 70.4 Å². The van der Waals surface area contributed by atoms with Gasteiger partial charge in [0.2, 0.25) is 9.84 Å². The maximum absolute atomic E-state index is 14.4. The molecule has 0 aromatic heterocycles. The van der Waals surface area contributed by atoms with Crippen molar-refractivity contribution < 1.29 is 13.2 Å². The van der Waals surface area contributed by atoms with Gasteiger partial charge in [-0.05, 0) is 88.0 Å². The second-order valence-electron chi connectivity index (χ2n) is 11.2. The number of nitriles is 1. The molecule has 0 saturated carbocycles. The number of ether oxygens (including phenoxy) is 1. The normalized spacial score (nSPS) is 17.7. The van der Waals surface area contributed by atoms with Gasteiger partial charge in [0.25, 0.3) is 0 Å². The van der Waals surface area contributed by atoms with Crippen molar-refractivity contribution in [3.8, 4) is 28.7 Å². The number of hydrogen-bond donors (Lipinski definition) is 0. The van der Waals surface area contributed by atoms with Crippen LogP contribution in [0.25, 0.3) is 11.1 Å². The van der Waals surface area contributed by atoms with Gasteiger partial charge in [0, 0.05) is 0 Å². The van der Waals surface area contributed by atoms with Crippen LogP contribution in [0.3, 0.4) is 0 Å². The van der Waals surface area contributed by atoms with Crippen LogP contribution in [0.15, 0.2) is 143 Å². The fourth-order valence-corrected chi connectivity index (χ4v) is 9.07. The van der Waals surface area contributed by atoms with Crippen LogP contribution in [0.5, 0.6) is 11.5 Å². The van der Waals surface area contributed by atoms with Crippen molar-refractivity contribution >= 4 is 26.9 Å². The Kier molecular flexibility index (Phi) is 4.92. The Morgan fingerprint density at radius 1 is 0.591 bits per heavy atom. The molecule has 6 aromatic rings. The zero-order valence-corrected chi connectivity index (χ0v) is 24.0. The van der Waals surface area contributed by atoms with Crippen molar-refractivity contribution in [2.75, 3.05) is 4.90 Å². The fraction of sp³-hybridized carbons (Fsp3) is 0.0263. The molecule has 0 N–H and O–H groups in total. The quantitative estimate of drug-likeness (QED) is 0.193. The van der Waals surface area contributed by atoms with Gasteiger partial charge in [-0.2, -0.15) is 5.26 Å². The van der Waals surface area contributed by atoms with Gasteiger partial charge in [-0.1, -0.05) is 78.9 Å². The Bertz CT molecular complexity index is 2360. The molecule has 0 bridgehead atoms. The molecule has 9 rings (SSSR count). The second kappa shape index (κ2) is 8.70. The lowest BCUT2D eigenvalue weighted by Crippen LogP contribution is -2.42. The van der Waals surface area contributed by atoms with Gasteiger partial charge in [-0.3, -0.25) is 0 Å². The second-order valence-corrected chi connectivity index (χ2v) is 13.1. The summed E-state index contributed by atoms with van der Waals surface area (Å²) in [6, 6.07) is 44.9. The number of rotatable bonds is 1. The highest BCUT2D eigenvalue weighted by Gasteiger charge is 2.54. The first-order valence-electron chi connectivity index (χ1n) is 14.3. The van der Waals surface area contributed by atoms with E-state index in [2.05, 4.69) is 35.2 Å². The summed E-state index contributed by atoms with van der Waals surface area (Å²) in [4.78, 5) is 2.84. The third-order valence-electron chi connectivity index (χ3n) is 9.10. The van der Waals surface area contributed by atoms with E-state index in [0.717, 1.165) is 45.1 Å². The molecule has 5 nitrogen and oxygen atoms in total. The zero-order chi connectivity index (χ0) is 29.6. The standard InChI is InChI=1S/C38H22N2O3S/c39-23-24-16-18-25(19-17-24)26-20-21-36-30(22-26)38(28-9-2-6-15-35(28)44(36,41)42)27-8-1-3-11-31(27)40-32-12-4-5-13-33(32)43-34-14-7-10-29(38)37(34)40/h1-22H. The van der Waals surface area contributed by atoms with Crippen LogP contribution in [0.4, 0.5) is 17.1 Å². The van der Waals surface area contributed by atoms with Crippen LogP contribution < -0.4 is 9.64 Å². The zero-order valence-electron chi connectivity index (χ0n) is 23.2. The van der Waals surface area contributed by atoms with Crippen LogP contribution in [-0.4, -0.2) is 8.42 Å². The number of anilines is 3. The molecule has 1 atom stereocenters. The lowest BCUT2D eigenvalue weighted by molar-refractivity contribution is 0.473. The van der Waals surface area contributed by atoms with Crippen molar-refractivity contribution in [3.63, 3.8) is 0 Å². The van der Waals surface area contributed by atoms with Gasteiger partial charge in [-0.15, -0.1) is 0 Å². The smallest absolute Gasteiger partial charge is 0.207 e. The number of benzene rings is 6. The van der Waals surface area contributed by atoms with E-state index in [1.165, 1.54) is 0 Å². The SMILES string of the molecule is N#Cc1ccc(-c2ccc3c(c2)C2(c4ccccc4N4c5ccccc5Oc5cccc2c54)c2ccccc2S3(=O)=O)cc1. The Hall–Kier alpha value is -5.64. The number of hydrogen-bond acceptors (Lipinski definition) is 5. The fourth-order valence-electron chi connectivity index (χ4n) is 7.31. The van der Waals surface area contributed by atoms with Crippen LogP contribution in [-0.2, 0) is 15.3 Å². The van der Waals surface area contributed by atoms with E-state index in [1.807, 2.05) is 78.9 Å². The summed E-state index contributed by atoms with van der Waals surface area (Å²) in [7, 11) is -3.84. The highest BCUT2D eigenvalue weighted by molar-refractivity contribution is 7.91. The van der Waals surface area contributed by atoms with Gasteiger partial charge in [0.1, 0.15) is 0 Å². The number of para-hydroxylation sites is 4. The van der Waals surface area contributed by atoms with Crippen molar-refractivity contribution in [2.24, 2.45) is 0 Å². The van der Waals surface area contributed by atoms with Gasteiger partial charge < -0.3 is 9.64 Å². The number of fused-ring (bicyclic) bond motifs is 10. The van der Waals surface area contributed by atoms with Crippen LogP contribution >= 0.6 is 0 Å². The van der Waals surface area contributed by atoms with E-state index in [4.69, 9.17) is 4.74 Å². The Morgan fingerprint density at radius 2 is 1.23 bits per heavy atom. The summed E-state index contributed by atoms with van der Waals surface area (Å²) in [5, 5.41) is 9.36. The molecule has 1 unspecified atom stereocenters. The molecule has 6 heteroatoms. The van der Waals surface area contributed by atoms with Crippen LogP contribution in [0, 0.1) is 11.3 Å². The first kappa shape index (κ1) is 24.9. The minimum Gasteiger partial charge on any atom is -0.453 e. The monoisotopic (exact) mass is 586 g/mol. The van der Waals surface area contributed by atoms with Gasteiger partial charge >= 0.3 is 0 Å². The maximum atomic E-state index is 14.4. The van der Waals surface area contributed by atoms with E-state index in [9.17, 15) is 13.7 Å². The highest BCUT2D eigenvalue weighted by Crippen LogP contribution is 2.65. The summed E-state index contributed by atoms with van der Waals surface area (Å²) >= 11 is 0. The van der Waals surface area contributed by atoms with Gasteiger partial charge in [0.15, 0.2) is 11.5 Å². The van der Waals surface area contributed by atoms with Gasteiger partial charge in [0.05, 0.1) is 43.9 Å². The molecule has 0 radical (unpaired) electrons. The summed E-state index contributed by atoms with van der Waals surface area (Å²) < 4.78 is 35.3. The molecule has 0 aliphatic carbocycles. The first-order chi connectivity index (χ1) is 21.5. The van der Waals surface area contributed by atoms with Crippen LogP contribution in [0.1, 0.15) is 27.8 Å².